The van der Waals surface area contributed by atoms with E-state index in [1.165, 1.54) is 65.3 Å². The van der Waals surface area contributed by atoms with Crippen LogP contribution in [0.4, 0.5) is 0 Å². The Morgan fingerprint density at radius 1 is 0.221 bits per heavy atom. The second-order valence-electron chi connectivity index (χ2n) is 17.6. The van der Waals surface area contributed by atoms with Crippen molar-refractivity contribution in [2.45, 2.75) is 0 Å². The predicted octanol–water partition coefficient (Wildman–Crippen LogP) is 16.2. The van der Waals surface area contributed by atoms with E-state index in [4.69, 9.17) is 15.0 Å². The van der Waals surface area contributed by atoms with E-state index in [9.17, 15) is 0 Å². The van der Waals surface area contributed by atoms with E-state index in [2.05, 4.69) is 185 Å². The number of para-hydroxylation sites is 2. The molecule has 0 N–H and O–H groups in total. The second-order valence-corrected chi connectivity index (χ2v) is 17.6. The van der Waals surface area contributed by atoms with Crippen molar-refractivity contribution < 1.29 is 0 Å². The average molecular weight is 866 g/mol. The Morgan fingerprint density at radius 3 is 1.16 bits per heavy atom. The van der Waals surface area contributed by atoms with Crippen LogP contribution in [0.2, 0.25) is 0 Å². The Labute approximate surface area is 391 Å². The van der Waals surface area contributed by atoms with Crippen molar-refractivity contribution in [1.29, 1.82) is 0 Å². The summed E-state index contributed by atoms with van der Waals surface area (Å²) in [6, 6.07) is 84.8. The average Bonchev–Trinajstić information content (AvgIpc) is 3.93. The third-order valence-corrected chi connectivity index (χ3v) is 13.7. The highest BCUT2D eigenvalue weighted by Gasteiger charge is 2.20. The van der Waals surface area contributed by atoms with Gasteiger partial charge in [0.2, 0.25) is 5.95 Å². The molecule has 0 amide bonds. The van der Waals surface area contributed by atoms with Gasteiger partial charge < -0.3 is 4.57 Å². The van der Waals surface area contributed by atoms with E-state index in [0.29, 0.717) is 17.6 Å². The first-order valence-electron chi connectivity index (χ1n) is 23.1. The van der Waals surface area contributed by atoms with E-state index < -0.39 is 0 Å². The molecule has 0 aliphatic carbocycles. The number of aromatic nitrogens is 5. The minimum Gasteiger partial charge on any atom is -0.309 e. The fourth-order valence-corrected chi connectivity index (χ4v) is 10.6. The number of benzene rings is 11. The molecule has 11 aromatic carbocycles. The fraction of sp³-hybridized carbons (Fsp3) is 0. The quantitative estimate of drug-likeness (QED) is 0.156. The molecule has 0 saturated carbocycles. The van der Waals surface area contributed by atoms with E-state index in [0.717, 1.165) is 49.7 Å². The minimum absolute atomic E-state index is 0.581. The first kappa shape index (κ1) is 38.1. The number of fused-ring (bicyclic) bond motifs is 12. The summed E-state index contributed by atoms with van der Waals surface area (Å²) in [5, 5.41) is 12.4. The maximum atomic E-state index is 5.14. The highest BCUT2D eigenvalue weighted by atomic mass is 15.2. The molecule has 0 aliphatic rings. The zero-order valence-electron chi connectivity index (χ0n) is 36.8. The number of hydrogen-bond acceptors (Lipinski definition) is 3. The minimum atomic E-state index is 0.581. The summed E-state index contributed by atoms with van der Waals surface area (Å²) in [7, 11) is 0. The van der Waals surface area contributed by atoms with Gasteiger partial charge in [-0.2, -0.15) is 9.97 Å². The molecule has 0 radical (unpaired) electrons. The van der Waals surface area contributed by atoms with Crippen LogP contribution in [0.1, 0.15) is 0 Å². The number of rotatable bonds is 6. The molecule has 5 heteroatoms. The van der Waals surface area contributed by atoms with E-state index >= 15 is 0 Å². The van der Waals surface area contributed by atoms with Crippen LogP contribution < -0.4 is 0 Å². The van der Waals surface area contributed by atoms with Crippen LogP contribution in [-0.2, 0) is 0 Å². The van der Waals surface area contributed by atoms with E-state index in [1.54, 1.807) is 0 Å². The molecular formula is C63H39N5. The van der Waals surface area contributed by atoms with Crippen LogP contribution in [-0.4, -0.2) is 24.1 Å². The smallest absolute Gasteiger partial charge is 0.238 e. The summed E-state index contributed by atoms with van der Waals surface area (Å²) in [6.45, 7) is 0. The Bertz CT molecular complexity index is 4230. The summed E-state index contributed by atoms with van der Waals surface area (Å²) < 4.78 is 4.60. The Morgan fingerprint density at radius 2 is 0.603 bits per heavy atom. The first-order valence-corrected chi connectivity index (χ1v) is 23.1. The molecule has 0 spiro atoms. The SMILES string of the molecule is c1ccc(-c2nc(-c3ccccc3)nc(-n3c4ccccc4c4cc(-c5ccc6c(c5)c5ccccc5n6-c5cccc(-c6ccc7c8ccccc8c8ccccc8c7c6)c5)ccc43)n2)cc1. The van der Waals surface area contributed by atoms with Crippen LogP contribution in [0.3, 0.4) is 0 Å². The lowest BCUT2D eigenvalue weighted by Crippen LogP contribution is -2.06. The Balaban J connectivity index is 0.891. The molecule has 5 nitrogen and oxygen atoms in total. The lowest BCUT2D eigenvalue weighted by atomic mass is 9.92. The lowest BCUT2D eigenvalue weighted by molar-refractivity contribution is 0.953. The van der Waals surface area contributed by atoms with Crippen molar-refractivity contribution in [3.63, 3.8) is 0 Å². The second kappa shape index (κ2) is 15.2. The van der Waals surface area contributed by atoms with E-state index in [-0.39, 0.29) is 0 Å². The summed E-state index contributed by atoms with van der Waals surface area (Å²) in [5.74, 6) is 1.84. The largest absolute Gasteiger partial charge is 0.309 e. The summed E-state index contributed by atoms with van der Waals surface area (Å²) in [5.41, 5.74) is 12.1. The van der Waals surface area contributed by atoms with Gasteiger partial charge in [0.1, 0.15) is 0 Å². The standard InChI is InChI=1S/C63H39N5/c1-3-16-40(17-4-1)61-64-62(41-18-5-2-6-19-41)66-63(65-61)68-58-29-14-12-27-53(58)56-39-45(32-35-60(56)68)44-31-34-59-55(38-44)52-26-11-13-28-57(52)67(59)46-21-15-20-42(36-46)43-30-33-51-49-24-8-7-22-47(49)48-23-9-10-25-50(48)54(51)37-43/h1-39H. The highest BCUT2D eigenvalue weighted by Crippen LogP contribution is 2.41. The van der Waals surface area contributed by atoms with Crippen molar-refractivity contribution in [1.82, 2.24) is 24.1 Å². The molecule has 68 heavy (non-hydrogen) atoms. The molecule has 14 rings (SSSR count). The van der Waals surface area contributed by atoms with Crippen LogP contribution in [0.5, 0.6) is 0 Å². The molecule has 316 valence electrons. The van der Waals surface area contributed by atoms with Gasteiger partial charge in [-0.1, -0.05) is 182 Å². The lowest BCUT2D eigenvalue weighted by Gasteiger charge is -2.13. The van der Waals surface area contributed by atoms with Gasteiger partial charge >= 0.3 is 0 Å². The normalized spacial score (nSPS) is 11.8. The predicted molar refractivity (Wildman–Crippen MR) is 283 cm³/mol. The molecule has 0 bridgehead atoms. The summed E-state index contributed by atoms with van der Waals surface area (Å²) in [6.07, 6.45) is 0. The van der Waals surface area contributed by atoms with Crippen LogP contribution >= 0.6 is 0 Å². The van der Waals surface area contributed by atoms with Crippen LogP contribution in [0.25, 0.3) is 133 Å². The summed E-state index contributed by atoms with van der Waals surface area (Å²) >= 11 is 0. The van der Waals surface area contributed by atoms with Crippen LogP contribution in [0, 0.1) is 0 Å². The number of nitrogens with zero attached hydrogens (tertiary/aromatic N) is 5. The topological polar surface area (TPSA) is 48.5 Å². The third kappa shape index (κ3) is 5.99. The van der Waals surface area contributed by atoms with Gasteiger partial charge in [-0.25, -0.2) is 4.98 Å². The molecule has 0 saturated heterocycles. The zero-order valence-corrected chi connectivity index (χ0v) is 36.8. The van der Waals surface area contributed by atoms with Crippen molar-refractivity contribution in [2.75, 3.05) is 0 Å². The van der Waals surface area contributed by atoms with Crippen LogP contribution in [0.15, 0.2) is 237 Å². The summed E-state index contributed by atoms with van der Waals surface area (Å²) in [4.78, 5) is 15.2. The molecule has 0 atom stereocenters. The van der Waals surface area contributed by atoms with Gasteiger partial charge in [-0.3, -0.25) is 4.57 Å². The Kier molecular flexibility index (Phi) is 8.52. The Hall–Kier alpha value is -9.19. The maximum Gasteiger partial charge on any atom is 0.238 e. The zero-order chi connectivity index (χ0) is 44.7. The van der Waals surface area contributed by atoms with Gasteiger partial charge in [0.05, 0.1) is 22.1 Å². The van der Waals surface area contributed by atoms with Crippen molar-refractivity contribution in [2.24, 2.45) is 0 Å². The molecule has 3 aromatic heterocycles. The number of hydrogen-bond donors (Lipinski definition) is 0. The third-order valence-electron chi connectivity index (χ3n) is 13.7. The van der Waals surface area contributed by atoms with Gasteiger partial charge in [-0.05, 0) is 109 Å². The first-order chi connectivity index (χ1) is 33.7. The molecular weight excluding hydrogens is 827 g/mol. The molecule has 14 aromatic rings. The maximum absolute atomic E-state index is 5.14. The fourth-order valence-electron chi connectivity index (χ4n) is 10.6. The monoisotopic (exact) mass is 865 g/mol. The molecule has 0 fully saturated rings. The van der Waals surface area contributed by atoms with Gasteiger partial charge in [0.15, 0.2) is 11.6 Å². The van der Waals surface area contributed by atoms with Gasteiger partial charge in [0.25, 0.3) is 0 Å². The van der Waals surface area contributed by atoms with Gasteiger partial charge in [0, 0.05) is 38.4 Å². The molecule has 3 heterocycles. The van der Waals surface area contributed by atoms with Crippen molar-refractivity contribution in [3.05, 3.63) is 237 Å². The van der Waals surface area contributed by atoms with Crippen molar-refractivity contribution >= 4 is 75.9 Å². The molecule has 0 unspecified atom stereocenters. The van der Waals surface area contributed by atoms with Gasteiger partial charge in [-0.15, -0.1) is 0 Å². The molecule has 0 aliphatic heterocycles. The highest BCUT2D eigenvalue weighted by molar-refractivity contribution is 6.25. The van der Waals surface area contributed by atoms with Crippen molar-refractivity contribution in [3.8, 4) is 56.7 Å². The van der Waals surface area contributed by atoms with E-state index in [1.807, 2.05) is 60.7 Å².